The molecule has 2 rings (SSSR count). The van der Waals surface area contributed by atoms with Gasteiger partial charge < -0.3 is 15.8 Å². The first-order chi connectivity index (χ1) is 7.66. The minimum absolute atomic E-state index is 0.00187. The lowest BCUT2D eigenvalue weighted by Gasteiger charge is -2.13. The Morgan fingerprint density at radius 3 is 3.12 bits per heavy atom. The number of carbonyl (C=O) groups is 1. The van der Waals surface area contributed by atoms with E-state index in [0.717, 1.165) is 6.42 Å². The van der Waals surface area contributed by atoms with E-state index < -0.39 is 5.91 Å². The zero-order valence-corrected chi connectivity index (χ0v) is 9.20. The van der Waals surface area contributed by atoms with E-state index in [1.807, 2.05) is 0 Å². The summed E-state index contributed by atoms with van der Waals surface area (Å²) in [4.78, 5) is 18.7. The second kappa shape index (κ2) is 4.63. The molecule has 1 aliphatic heterocycles. The molecular formula is C9H11ClN4O2. The number of halogens is 1. The minimum Gasteiger partial charge on any atom is -0.379 e. The maximum absolute atomic E-state index is 11.1. The summed E-state index contributed by atoms with van der Waals surface area (Å²) in [5.41, 5.74) is 5.80. The quantitative estimate of drug-likeness (QED) is 0.751. The summed E-state index contributed by atoms with van der Waals surface area (Å²) in [6.45, 7) is 1.30. The van der Waals surface area contributed by atoms with E-state index in [-0.39, 0.29) is 17.0 Å². The molecule has 1 aromatic heterocycles. The van der Waals surface area contributed by atoms with E-state index in [4.69, 9.17) is 22.1 Å². The molecule has 86 valence electrons. The maximum Gasteiger partial charge on any atom is 0.269 e. The molecule has 3 N–H and O–H groups in total. The highest BCUT2D eigenvalue weighted by Gasteiger charge is 2.19. The summed E-state index contributed by atoms with van der Waals surface area (Å²) >= 11 is 5.60. The molecule has 1 saturated heterocycles. The van der Waals surface area contributed by atoms with Crippen molar-refractivity contribution in [2.24, 2.45) is 5.73 Å². The van der Waals surface area contributed by atoms with Crippen molar-refractivity contribution in [1.82, 2.24) is 9.97 Å². The predicted molar refractivity (Wildman–Crippen MR) is 58.4 cm³/mol. The van der Waals surface area contributed by atoms with Crippen LogP contribution in [0.25, 0.3) is 0 Å². The van der Waals surface area contributed by atoms with E-state index >= 15 is 0 Å². The van der Waals surface area contributed by atoms with Crippen LogP contribution in [-0.2, 0) is 4.74 Å². The largest absolute Gasteiger partial charge is 0.379 e. The molecule has 0 saturated carbocycles. The molecule has 2 heterocycles. The fourth-order valence-corrected chi connectivity index (χ4v) is 1.66. The number of hydrogen-bond acceptors (Lipinski definition) is 5. The van der Waals surface area contributed by atoms with Crippen LogP contribution in [0.1, 0.15) is 16.9 Å². The lowest BCUT2D eigenvalue weighted by Crippen LogP contribution is -2.23. The van der Waals surface area contributed by atoms with Crippen molar-refractivity contribution in [2.45, 2.75) is 12.5 Å². The normalized spacial score (nSPS) is 19.7. The van der Waals surface area contributed by atoms with Gasteiger partial charge in [0, 0.05) is 6.61 Å². The van der Waals surface area contributed by atoms with Crippen LogP contribution in [0.5, 0.6) is 0 Å². The number of amides is 1. The van der Waals surface area contributed by atoms with Crippen LogP contribution in [0.3, 0.4) is 0 Å². The van der Waals surface area contributed by atoms with Gasteiger partial charge in [0.15, 0.2) is 5.69 Å². The van der Waals surface area contributed by atoms with E-state index in [1.165, 1.54) is 6.20 Å². The van der Waals surface area contributed by atoms with Crippen LogP contribution in [0.4, 0.5) is 5.69 Å². The van der Waals surface area contributed by atoms with Crippen molar-refractivity contribution >= 4 is 23.2 Å². The van der Waals surface area contributed by atoms with Crippen LogP contribution in [-0.4, -0.2) is 35.1 Å². The molecule has 0 radical (unpaired) electrons. The fourth-order valence-electron chi connectivity index (χ4n) is 1.52. The average molecular weight is 243 g/mol. The second-order valence-corrected chi connectivity index (χ2v) is 3.81. The van der Waals surface area contributed by atoms with E-state index in [1.54, 1.807) is 0 Å². The fraction of sp³-hybridized carbons (Fsp3) is 0.444. The third-order valence-electron chi connectivity index (χ3n) is 2.28. The molecule has 1 fully saturated rings. The molecule has 1 atom stereocenters. The first kappa shape index (κ1) is 11.1. The summed E-state index contributed by atoms with van der Waals surface area (Å²) in [5.74, 6) is -0.634. The van der Waals surface area contributed by atoms with Crippen molar-refractivity contribution < 1.29 is 9.53 Å². The number of primary amides is 1. The Kier molecular flexibility index (Phi) is 3.21. The Morgan fingerprint density at radius 1 is 1.69 bits per heavy atom. The number of carbonyl (C=O) groups excluding carboxylic acids is 1. The molecule has 1 aliphatic rings. The summed E-state index contributed by atoms with van der Waals surface area (Å²) < 4.78 is 5.21. The Bertz CT molecular complexity index is 406. The van der Waals surface area contributed by atoms with Crippen molar-refractivity contribution in [2.75, 3.05) is 18.5 Å². The Balaban J connectivity index is 2.21. The molecule has 6 nitrogen and oxygen atoms in total. The van der Waals surface area contributed by atoms with Crippen molar-refractivity contribution in [3.8, 4) is 0 Å². The lowest BCUT2D eigenvalue weighted by molar-refractivity contribution is 0.0996. The summed E-state index contributed by atoms with van der Waals surface area (Å²) in [6, 6.07) is 0.155. The topological polar surface area (TPSA) is 90.1 Å². The number of nitrogens with one attached hydrogen (secondary N) is 1. The molecule has 16 heavy (non-hydrogen) atoms. The van der Waals surface area contributed by atoms with Gasteiger partial charge in [-0.15, -0.1) is 0 Å². The van der Waals surface area contributed by atoms with Gasteiger partial charge in [0.25, 0.3) is 5.91 Å². The summed E-state index contributed by atoms with van der Waals surface area (Å²) in [5, 5.41) is 3.11. The van der Waals surface area contributed by atoms with Gasteiger partial charge in [-0.25, -0.2) is 9.97 Å². The molecule has 1 unspecified atom stereocenters. The third-order valence-corrected chi connectivity index (χ3v) is 2.46. The third kappa shape index (κ3) is 2.40. The van der Waals surface area contributed by atoms with Gasteiger partial charge in [-0.1, -0.05) is 0 Å². The highest BCUT2D eigenvalue weighted by Crippen LogP contribution is 2.17. The van der Waals surface area contributed by atoms with Crippen molar-refractivity contribution in [3.05, 3.63) is 17.2 Å². The number of nitrogens with two attached hydrogens (primary N) is 1. The molecular weight excluding hydrogens is 232 g/mol. The molecule has 1 aromatic rings. The number of anilines is 1. The Labute approximate surface area is 97.2 Å². The molecule has 0 spiro atoms. The van der Waals surface area contributed by atoms with Crippen LogP contribution in [0.15, 0.2) is 6.20 Å². The SMILES string of the molecule is NC(=O)c1nc(Cl)ncc1NC1CCOC1. The molecule has 0 aromatic carbocycles. The summed E-state index contributed by atoms with van der Waals surface area (Å²) in [6.07, 6.45) is 2.33. The summed E-state index contributed by atoms with van der Waals surface area (Å²) in [7, 11) is 0. The monoisotopic (exact) mass is 242 g/mol. The number of ether oxygens (including phenoxy) is 1. The highest BCUT2D eigenvalue weighted by molar-refractivity contribution is 6.28. The van der Waals surface area contributed by atoms with Crippen LogP contribution < -0.4 is 11.1 Å². The number of rotatable bonds is 3. The lowest BCUT2D eigenvalue weighted by atomic mass is 10.2. The van der Waals surface area contributed by atoms with Gasteiger partial charge in [-0.3, -0.25) is 4.79 Å². The Morgan fingerprint density at radius 2 is 2.50 bits per heavy atom. The van der Waals surface area contributed by atoms with Gasteiger partial charge in [-0.2, -0.15) is 0 Å². The Hall–Kier alpha value is -1.40. The van der Waals surface area contributed by atoms with Crippen LogP contribution in [0, 0.1) is 0 Å². The smallest absolute Gasteiger partial charge is 0.269 e. The molecule has 1 amide bonds. The van der Waals surface area contributed by atoms with Gasteiger partial charge in [0.2, 0.25) is 5.28 Å². The zero-order chi connectivity index (χ0) is 11.5. The first-order valence-corrected chi connectivity index (χ1v) is 5.21. The van der Waals surface area contributed by atoms with E-state index in [0.29, 0.717) is 18.9 Å². The maximum atomic E-state index is 11.1. The molecule has 0 bridgehead atoms. The van der Waals surface area contributed by atoms with Crippen LogP contribution >= 0.6 is 11.6 Å². The first-order valence-electron chi connectivity index (χ1n) is 4.83. The average Bonchev–Trinajstić information content (AvgIpc) is 2.73. The van der Waals surface area contributed by atoms with Gasteiger partial charge in [-0.05, 0) is 18.0 Å². The standard InChI is InChI=1S/C9H11ClN4O2/c10-9-12-3-6(7(14-9)8(11)15)13-5-1-2-16-4-5/h3,5,13H,1-2,4H2,(H2,11,15). The molecule has 7 heteroatoms. The molecule has 0 aliphatic carbocycles. The van der Waals surface area contributed by atoms with Gasteiger partial charge in [0.1, 0.15) is 0 Å². The van der Waals surface area contributed by atoms with Crippen LogP contribution in [0.2, 0.25) is 5.28 Å². The van der Waals surface area contributed by atoms with Crippen molar-refractivity contribution in [1.29, 1.82) is 0 Å². The zero-order valence-electron chi connectivity index (χ0n) is 8.44. The van der Waals surface area contributed by atoms with Gasteiger partial charge in [0.05, 0.1) is 24.5 Å². The number of nitrogens with zero attached hydrogens (tertiary/aromatic N) is 2. The second-order valence-electron chi connectivity index (χ2n) is 3.47. The van der Waals surface area contributed by atoms with Gasteiger partial charge >= 0.3 is 0 Å². The van der Waals surface area contributed by atoms with Crippen molar-refractivity contribution in [3.63, 3.8) is 0 Å². The highest BCUT2D eigenvalue weighted by atomic mass is 35.5. The van der Waals surface area contributed by atoms with E-state index in [2.05, 4.69) is 15.3 Å². The number of aromatic nitrogens is 2. The van der Waals surface area contributed by atoms with E-state index in [9.17, 15) is 4.79 Å². The predicted octanol–water partition coefficient (Wildman–Crippen LogP) is 0.430. The number of hydrogen-bond donors (Lipinski definition) is 2. The minimum atomic E-state index is -0.634.